The highest BCUT2D eigenvalue weighted by atomic mass is 32.2. The van der Waals surface area contributed by atoms with Gasteiger partial charge < -0.3 is 15.0 Å². The van der Waals surface area contributed by atoms with Crippen molar-refractivity contribution in [3.8, 4) is 17.0 Å². The van der Waals surface area contributed by atoms with E-state index in [1.807, 2.05) is 30.3 Å². The maximum Gasteiger partial charge on any atom is 0.264 e. The minimum Gasteiger partial charge on any atom is -0.497 e. The van der Waals surface area contributed by atoms with Gasteiger partial charge in [-0.3, -0.25) is 4.79 Å². The van der Waals surface area contributed by atoms with Gasteiger partial charge in [-0.15, -0.1) is 0 Å². The molecule has 12 heteroatoms. The van der Waals surface area contributed by atoms with Crippen molar-refractivity contribution in [3.63, 3.8) is 0 Å². The van der Waals surface area contributed by atoms with E-state index in [-0.39, 0.29) is 22.7 Å². The second kappa shape index (κ2) is 11.7. The van der Waals surface area contributed by atoms with Crippen LogP contribution in [0.4, 0.5) is 17.5 Å². The predicted molar refractivity (Wildman–Crippen MR) is 152 cm³/mol. The highest BCUT2D eigenvalue weighted by Crippen LogP contribution is 2.27. The first-order valence-electron chi connectivity index (χ1n) is 12.8. The molecule has 3 heterocycles. The molecule has 4 aromatic rings. The van der Waals surface area contributed by atoms with Crippen LogP contribution in [-0.4, -0.2) is 54.5 Å². The lowest BCUT2D eigenvalue weighted by Gasteiger charge is -2.32. The molecule has 0 radical (unpaired) electrons. The van der Waals surface area contributed by atoms with E-state index in [4.69, 9.17) is 4.74 Å². The van der Waals surface area contributed by atoms with E-state index in [1.54, 1.807) is 38.6 Å². The maximum atomic E-state index is 12.9. The number of hydrogen-bond donors (Lipinski definition) is 2. The third-order valence-corrected chi connectivity index (χ3v) is 8.02. The molecule has 1 aliphatic rings. The summed E-state index contributed by atoms with van der Waals surface area (Å²) >= 11 is 0. The van der Waals surface area contributed by atoms with Crippen LogP contribution in [0.5, 0.6) is 5.75 Å². The average molecular weight is 560 g/mol. The van der Waals surface area contributed by atoms with E-state index in [1.165, 1.54) is 18.3 Å². The van der Waals surface area contributed by atoms with Crippen molar-refractivity contribution < 1.29 is 17.9 Å². The molecule has 0 atom stereocenters. The molecule has 5 rings (SSSR count). The lowest BCUT2D eigenvalue weighted by molar-refractivity contribution is -0.120. The largest absolute Gasteiger partial charge is 0.497 e. The van der Waals surface area contributed by atoms with Crippen LogP contribution in [0.1, 0.15) is 18.5 Å². The minimum atomic E-state index is -3.86. The van der Waals surface area contributed by atoms with Crippen molar-refractivity contribution in [2.75, 3.05) is 35.1 Å². The predicted octanol–water partition coefficient (Wildman–Crippen LogP) is 3.91. The van der Waals surface area contributed by atoms with Crippen LogP contribution in [0.15, 0.2) is 78.1 Å². The number of aryl methyl sites for hydroxylation is 1. The number of nitrogens with one attached hydrogen (secondary N) is 2. The SMILES string of the molecule is COc1ccc(-c2cc(N3CCC(C(=O)Nc4ccc(S(=O)(=O)Nc5nccc(C)n5)cc4)CC3)ncn2)cc1. The number of ether oxygens (including phenoxy) is 1. The van der Waals surface area contributed by atoms with Crippen LogP contribution in [0.25, 0.3) is 11.3 Å². The molecular weight excluding hydrogens is 530 g/mol. The number of hydrogen-bond acceptors (Lipinski definition) is 9. The highest BCUT2D eigenvalue weighted by molar-refractivity contribution is 7.92. The monoisotopic (exact) mass is 559 g/mol. The number of carbonyl (C=O) groups is 1. The maximum absolute atomic E-state index is 12.9. The van der Waals surface area contributed by atoms with Gasteiger partial charge >= 0.3 is 0 Å². The molecule has 0 aliphatic carbocycles. The van der Waals surface area contributed by atoms with Gasteiger partial charge in [-0.2, -0.15) is 0 Å². The number of nitrogens with zero attached hydrogens (tertiary/aromatic N) is 5. The summed E-state index contributed by atoms with van der Waals surface area (Å²) in [7, 11) is -2.23. The van der Waals surface area contributed by atoms with Crippen molar-refractivity contribution in [2.45, 2.75) is 24.7 Å². The molecule has 0 bridgehead atoms. The number of rotatable bonds is 8. The first-order chi connectivity index (χ1) is 19.3. The summed E-state index contributed by atoms with van der Waals surface area (Å²) in [6.07, 6.45) is 4.37. The summed E-state index contributed by atoms with van der Waals surface area (Å²) in [5, 5.41) is 2.91. The van der Waals surface area contributed by atoms with Crippen LogP contribution in [-0.2, 0) is 14.8 Å². The molecule has 0 unspecified atom stereocenters. The van der Waals surface area contributed by atoms with E-state index in [0.29, 0.717) is 37.3 Å². The molecule has 1 fully saturated rings. The van der Waals surface area contributed by atoms with Gasteiger partial charge in [0.15, 0.2) is 0 Å². The zero-order valence-electron chi connectivity index (χ0n) is 22.1. The van der Waals surface area contributed by atoms with Crippen LogP contribution in [0.3, 0.4) is 0 Å². The second-order valence-corrected chi connectivity index (χ2v) is 11.1. The summed E-state index contributed by atoms with van der Waals surface area (Å²) in [6.45, 7) is 3.11. The zero-order valence-corrected chi connectivity index (χ0v) is 22.9. The Kier molecular flexibility index (Phi) is 7.87. The van der Waals surface area contributed by atoms with Crippen LogP contribution < -0.4 is 19.7 Å². The van der Waals surface area contributed by atoms with E-state index >= 15 is 0 Å². The average Bonchev–Trinajstić information content (AvgIpc) is 2.97. The van der Waals surface area contributed by atoms with E-state index in [0.717, 1.165) is 22.8 Å². The summed E-state index contributed by atoms with van der Waals surface area (Å²) in [5.41, 5.74) is 2.96. The van der Waals surface area contributed by atoms with E-state index in [9.17, 15) is 13.2 Å². The third-order valence-electron chi connectivity index (χ3n) is 6.68. The zero-order chi connectivity index (χ0) is 28.1. The van der Waals surface area contributed by atoms with Crippen LogP contribution in [0, 0.1) is 12.8 Å². The Labute approximate surface area is 232 Å². The number of aromatic nitrogens is 4. The van der Waals surface area contributed by atoms with Gasteiger partial charge in [0.25, 0.3) is 10.0 Å². The van der Waals surface area contributed by atoms with Crippen molar-refractivity contribution >= 4 is 33.4 Å². The number of benzene rings is 2. The molecule has 11 nitrogen and oxygen atoms in total. The number of piperidine rings is 1. The van der Waals surface area contributed by atoms with E-state index in [2.05, 4.69) is 34.9 Å². The van der Waals surface area contributed by atoms with Gasteiger partial charge in [0.05, 0.1) is 17.7 Å². The second-order valence-electron chi connectivity index (χ2n) is 9.39. The smallest absolute Gasteiger partial charge is 0.264 e. The molecule has 206 valence electrons. The van der Waals surface area contributed by atoms with Gasteiger partial charge in [0, 0.05) is 48.2 Å². The molecule has 2 aromatic carbocycles. The van der Waals surface area contributed by atoms with Crippen LogP contribution >= 0.6 is 0 Å². The molecule has 2 N–H and O–H groups in total. The molecule has 40 heavy (non-hydrogen) atoms. The number of methoxy groups -OCH3 is 1. The molecule has 1 amide bonds. The van der Waals surface area contributed by atoms with Crippen molar-refractivity contribution in [1.29, 1.82) is 0 Å². The lowest BCUT2D eigenvalue weighted by Crippen LogP contribution is -2.38. The van der Waals surface area contributed by atoms with Crippen molar-refractivity contribution in [3.05, 3.63) is 78.9 Å². The topological polar surface area (TPSA) is 139 Å². The molecule has 0 spiro atoms. The summed E-state index contributed by atoms with van der Waals surface area (Å²) in [4.78, 5) is 32.0. The summed E-state index contributed by atoms with van der Waals surface area (Å²) in [6, 6.07) is 17.3. The van der Waals surface area contributed by atoms with Crippen molar-refractivity contribution in [2.24, 2.45) is 5.92 Å². The molecule has 2 aromatic heterocycles. The van der Waals surface area contributed by atoms with Gasteiger partial charge in [0.1, 0.15) is 17.9 Å². The summed E-state index contributed by atoms with van der Waals surface area (Å²) in [5.74, 6) is 1.35. The first kappa shape index (κ1) is 27.0. The quantitative estimate of drug-likeness (QED) is 0.329. The fourth-order valence-corrected chi connectivity index (χ4v) is 5.40. The molecule has 1 saturated heterocycles. The number of anilines is 3. The Hall–Kier alpha value is -4.58. The normalized spacial score (nSPS) is 14.0. The molecule has 0 saturated carbocycles. The minimum absolute atomic E-state index is 0.00245. The lowest BCUT2D eigenvalue weighted by atomic mass is 9.95. The standard InChI is InChI=1S/C28H29N7O4S/c1-19-11-14-29-28(32-19)34-40(37,38)24-9-5-22(6-10-24)33-27(36)21-12-15-35(16-13-21)26-17-25(30-18-31-26)20-3-7-23(39-2)8-4-20/h3-11,14,17-18,21H,12-13,15-16H2,1-2H3,(H,33,36)(H,29,32,34). The van der Waals surface area contributed by atoms with Gasteiger partial charge in [-0.05, 0) is 74.4 Å². The Bertz CT molecular complexity index is 1590. The first-order valence-corrected chi connectivity index (χ1v) is 14.2. The molecular formula is C28H29N7O4S. The summed E-state index contributed by atoms with van der Waals surface area (Å²) < 4.78 is 32.9. The molecule has 1 aliphatic heterocycles. The van der Waals surface area contributed by atoms with E-state index < -0.39 is 10.0 Å². The van der Waals surface area contributed by atoms with Gasteiger partial charge in [-0.25, -0.2) is 33.1 Å². The van der Waals surface area contributed by atoms with Gasteiger partial charge in [-0.1, -0.05) is 0 Å². The Morgan fingerprint density at radius 3 is 2.38 bits per heavy atom. The third kappa shape index (κ3) is 6.34. The highest BCUT2D eigenvalue weighted by Gasteiger charge is 2.26. The van der Waals surface area contributed by atoms with Gasteiger partial charge in [0.2, 0.25) is 11.9 Å². The number of amides is 1. The Morgan fingerprint density at radius 1 is 0.975 bits per heavy atom. The Balaban J connectivity index is 1.16. The van der Waals surface area contributed by atoms with Crippen LogP contribution in [0.2, 0.25) is 0 Å². The van der Waals surface area contributed by atoms with Crippen molar-refractivity contribution in [1.82, 2.24) is 19.9 Å². The Morgan fingerprint density at radius 2 is 1.70 bits per heavy atom. The number of sulfonamides is 1. The fraction of sp³-hybridized carbons (Fsp3) is 0.250. The number of carbonyl (C=O) groups excluding carboxylic acids is 1. The fourth-order valence-electron chi connectivity index (χ4n) is 4.45.